The lowest BCUT2D eigenvalue weighted by molar-refractivity contribution is 0.231. The Morgan fingerprint density at radius 3 is 2.80 bits per heavy atom. The summed E-state index contributed by atoms with van der Waals surface area (Å²) in [5.74, 6) is 0. The van der Waals surface area contributed by atoms with E-state index < -0.39 is 12.3 Å². The maximum Gasteiger partial charge on any atom is 0.121 e. The fourth-order valence-corrected chi connectivity index (χ4v) is 1.27. The summed E-state index contributed by atoms with van der Waals surface area (Å²) in [6, 6.07) is 0. The molecule has 58 valence electrons. The van der Waals surface area contributed by atoms with Gasteiger partial charge in [-0.2, -0.15) is 0 Å². The summed E-state index contributed by atoms with van der Waals surface area (Å²) >= 11 is 0. The summed E-state index contributed by atoms with van der Waals surface area (Å²) in [6.45, 7) is 1.93. The van der Waals surface area contributed by atoms with Crippen LogP contribution < -0.4 is 0 Å². The fraction of sp³-hybridized carbons (Fsp3) is 0.750. The Hall–Kier alpha value is -0.400. The molecule has 1 aliphatic rings. The zero-order valence-corrected chi connectivity index (χ0v) is 6.11. The van der Waals surface area contributed by atoms with Crippen LogP contribution in [0.4, 0.5) is 8.78 Å². The van der Waals surface area contributed by atoms with Crippen molar-refractivity contribution in [2.45, 2.75) is 38.5 Å². The van der Waals surface area contributed by atoms with E-state index in [0.29, 0.717) is 6.42 Å². The Kier molecular flexibility index (Phi) is 2.41. The number of hydrogen-bond donors (Lipinski definition) is 0. The molecule has 0 bridgehead atoms. The molecule has 0 saturated carbocycles. The summed E-state index contributed by atoms with van der Waals surface area (Å²) in [5, 5.41) is 0. The Morgan fingerprint density at radius 1 is 1.60 bits per heavy atom. The molecule has 0 heterocycles. The minimum Gasteiger partial charge on any atom is -0.247 e. The van der Waals surface area contributed by atoms with E-state index in [2.05, 4.69) is 0 Å². The van der Waals surface area contributed by atoms with Crippen LogP contribution in [0.1, 0.15) is 26.2 Å². The van der Waals surface area contributed by atoms with Crippen molar-refractivity contribution in [3.8, 4) is 0 Å². The summed E-state index contributed by atoms with van der Waals surface area (Å²) in [7, 11) is 0. The molecule has 0 fully saturated rings. The minimum absolute atomic E-state index is 0.0590. The van der Waals surface area contributed by atoms with Crippen LogP contribution in [0.5, 0.6) is 0 Å². The molecule has 2 unspecified atom stereocenters. The first-order valence-corrected chi connectivity index (χ1v) is 3.70. The molecule has 0 spiro atoms. The van der Waals surface area contributed by atoms with Crippen LogP contribution >= 0.6 is 0 Å². The highest BCUT2D eigenvalue weighted by atomic mass is 19.1. The second kappa shape index (κ2) is 3.13. The summed E-state index contributed by atoms with van der Waals surface area (Å²) in [4.78, 5) is 0. The predicted octanol–water partition coefficient (Wildman–Crippen LogP) is 2.79. The normalized spacial score (nSPS) is 33.7. The van der Waals surface area contributed by atoms with E-state index in [1.165, 1.54) is 0 Å². The topological polar surface area (TPSA) is 0 Å². The van der Waals surface area contributed by atoms with E-state index in [0.717, 1.165) is 12.0 Å². The lowest BCUT2D eigenvalue weighted by Crippen LogP contribution is -2.15. The van der Waals surface area contributed by atoms with E-state index in [-0.39, 0.29) is 6.42 Å². The molecule has 0 aromatic heterocycles. The standard InChI is InChI=1S/C8H12F2/c1-2-6-3-7(9)5-8(10)4-6/h3,7-8H,2,4-5H2,1H3. The molecule has 0 nitrogen and oxygen atoms in total. The second-order valence-electron chi connectivity index (χ2n) is 2.73. The number of rotatable bonds is 1. The molecular formula is C8H12F2. The van der Waals surface area contributed by atoms with Crippen LogP contribution in [0, 0.1) is 0 Å². The number of hydrogen-bond acceptors (Lipinski definition) is 0. The van der Waals surface area contributed by atoms with E-state index in [1.54, 1.807) is 6.08 Å². The van der Waals surface area contributed by atoms with E-state index in [1.807, 2.05) is 6.92 Å². The molecular weight excluding hydrogens is 134 g/mol. The molecule has 0 N–H and O–H groups in total. The van der Waals surface area contributed by atoms with Gasteiger partial charge in [0.15, 0.2) is 0 Å². The summed E-state index contributed by atoms with van der Waals surface area (Å²) in [5.41, 5.74) is 0.922. The van der Waals surface area contributed by atoms with Crippen LogP contribution in [0.3, 0.4) is 0 Å². The van der Waals surface area contributed by atoms with Gasteiger partial charge in [-0.05, 0) is 12.8 Å². The van der Waals surface area contributed by atoms with Gasteiger partial charge in [-0.1, -0.05) is 18.6 Å². The molecule has 1 rings (SSSR count). The number of allylic oxidation sites excluding steroid dienone is 2. The molecule has 10 heavy (non-hydrogen) atoms. The molecule has 1 aliphatic carbocycles. The quantitative estimate of drug-likeness (QED) is 0.499. The Bertz CT molecular complexity index is 140. The van der Waals surface area contributed by atoms with Gasteiger partial charge in [-0.3, -0.25) is 0 Å². The first kappa shape index (κ1) is 7.70. The largest absolute Gasteiger partial charge is 0.247 e. The van der Waals surface area contributed by atoms with Crippen LogP contribution in [-0.2, 0) is 0 Å². The maximum absolute atomic E-state index is 12.6. The summed E-state index contributed by atoms with van der Waals surface area (Å²) < 4.78 is 25.1. The van der Waals surface area contributed by atoms with Crippen molar-refractivity contribution in [3.63, 3.8) is 0 Å². The first-order chi connectivity index (χ1) is 4.72. The third kappa shape index (κ3) is 1.79. The third-order valence-corrected chi connectivity index (χ3v) is 1.84. The molecule has 0 aromatic rings. The van der Waals surface area contributed by atoms with Crippen molar-refractivity contribution in [2.75, 3.05) is 0 Å². The van der Waals surface area contributed by atoms with Crippen molar-refractivity contribution in [2.24, 2.45) is 0 Å². The molecule has 2 atom stereocenters. The highest BCUT2D eigenvalue weighted by molar-refractivity contribution is 5.10. The van der Waals surface area contributed by atoms with Gasteiger partial charge >= 0.3 is 0 Å². The lowest BCUT2D eigenvalue weighted by atomic mass is 9.95. The van der Waals surface area contributed by atoms with Crippen molar-refractivity contribution in [1.82, 2.24) is 0 Å². The fourth-order valence-electron chi connectivity index (χ4n) is 1.27. The molecule has 0 saturated heterocycles. The van der Waals surface area contributed by atoms with Gasteiger partial charge in [0.1, 0.15) is 12.3 Å². The average Bonchev–Trinajstić information content (AvgIpc) is 1.85. The molecule has 0 amide bonds. The van der Waals surface area contributed by atoms with E-state index in [4.69, 9.17) is 0 Å². The van der Waals surface area contributed by atoms with E-state index in [9.17, 15) is 8.78 Å². The molecule has 2 heteroatoms. The zero-order valence-electron chi connectivity index (χ0n) is 6.11. The van der Waals surface area contributed by atoms with Crippen molar-refractivity contribution < 1.29 is 8.78 Å². The average molecular weight is 146 g/mol. The number of halogens is 2. The SMILES string of the molecule is CCC1=CC(F)CC(F)C1. The first-order valence-electron chi connectivity index (χ1n) is 3.70. The monoisotopic (exact) mass is 146 g/mol. The van der Waals surface area contributed by atoms with Crippen molar-refractivity contribution in [1.29, 1.82) is 0 Å². The highest BCUT2D eigenvalue weighted by Gasteiger charge is 2.20. The van der Waals surface area contributed by atoms with Gasteiger partial charge < -0.3 is 0 Å². The van der Waals surface area contributed by atoms with Crippen LogP contribution in [0.25, 0.3) is 0 Å². The van der Waals surface area contributed by atoms with Gasteiger partial charge in [0, 0.05) is 6.42 Å². The molecule has 0 aromatic carbocycles. The number of alkyl halides is 2. The van der Waals surface area contributed by atoms with Crippen LogP contribution in [-0.4, -0.2) is 12.3 Å². The Balaban J connectivity index is 2.56. The molecule has 0 aliphatic heterocycles. The van der Waals surface area contributed by atoms with E-state index >= 15 is 0 Å². The van der Waals surface area contributed by atoms with Crippen molar-refractivity contribution >= 4 is 0 Å². The highest BCUT2D eigenvalue weighted by Crippen LogP contribution is 2.24. The Morgan fingerprint density at radius 2 is 2.30 bits per heavy atom. The lowest BCUT2D eigenvalue weighted by Gasteiger charge is -2.17. The van der Waals surface area contributed by atoms with Gasteiger partial charge in [-0.15, -0.1) is 0 Å². The van der Waals surface area contributed by atoms with Gasteiger partial charge in [-0.25, -0.2) is 8.78 Å². The van der Waals surface area contributed by atoms with Gasteiger partial charge in [0.2, 0.25) is 0 Å². The molecule has 0 radical (unpaired) electrons. The van der Waals surface area contributed by atoms with Crippen molar-refractivity contribution in [3.05, 3.63) is 11.6 Å². The van der Waals surface area contributed by atoms with Gasteiger partial charge in [0.25, 0.3) is 0 Å². The second-order valence-corrected chi connectivity index (χ2v) is 2.73. The Labute approximate surface area is 59.9 Å². The maximum atomic E-state index is 12.6. The van der Waals surface area contributed by atoms with Crippen LogP contribution in [0.15, 0.2) is 11.6 Å². The smallest absolute Gasteiger partial charge is 0.121 e. The predicted molar refractivity (Wildman–Crippen MR) is 37.4 cm³/mol. The van der Waals surface area contributed by atoms with Gasteiger partial charge in [0.05, 0.1) is 0 Å². The van der Waals surface area contributed by atoms with Crippen LogP contribution in [0.2, 0.25) is 0 Å². The summed E-state index contributed by atoms with van der Waals surface area (Å²) in [6.07, 6.45) is 0.839. The minimum atomic E-state index is -1.04. The zero-order chi connectivity index (χ0) is 7.56. The third-order valence-electron chi connectivity index (χ3n) is 1.84.